The molecule has 4 heteroatoms. The highest BCUT2D eigenvalue weighted by atomic mass is 35.5. The molecule has 16 heavy (non-hydrogen) atoms. The van der Waals surface area contributed by atoms with E-state index in [1.165, 1.54) is 0 Å². The van der Waals surface area contributed by atoms with Gasteiger partial charge in [-0.25, -0.2) is 0 Å². The lowest BCUT2D eigenvalue weighted by molar-refractivity contribution is 0.518. The molecule has 0 saturated heterocycles. The van der Waals surface area contributed by atoms with Gasteiger partial charge in [0.25, 0.3) is 0 Å². The van der Waals surface area contributed by atoms with Gasteiger partial charge in [-0.2, -0.15) is 0 Å². The Morgan fingerprint density at radius 1 is 1.38 bits per heavy atom. The minimum absolute atomic E-state index is 0.0396. The summed E-state index contributed by atoms with van der Waals surface area (Å²) < 4.78 is 0. The number of nitrogens with one attached hydrogen (secondary N) is 1. The Balaban J connectivity index is 2.91. The fourth-order valence-corrected chi connectivity index (χ4v) is 1.97. The first kappa shape index (κ1) is 13.3. The van der Waals surface area contributed by atoms with E-state index in [1.54, 1.807) is 6.07 Å². The Bertz CT molecular complexity index is 378. The fraction of sp³-hybridized carbons (Fsp3) is 0.333. The molecule has 1 rings (SSSR count). The summed E-state index contributed by atoms with van der Waals surface area (Å²) in [6.45, 7) is 2.33. The summed E-state index contributed by atoms with van der Waals surface area (Å²) in [6, 6.07) is 5.27. The van der Waals surface area contributed by atoms with Crippen molar-refractivity contribution in [2.24, 2.45) is 5.73 Å². The van der Waals surface area contributed by atoms with Gasteiger partial charge in [0.15, 0.2) is 0 Å². The van der Waals surface area contributed by atoms with E-state index < -0.39 is 0 Å². The first-order valence-corrected chi connectivity index (χ1v) is 5.70. The zero-order chi connectivity index (χ0) is 12.1. The largest absolute Gasteiger partial charge is 0.329 e. The first-order valence-electron chi connectivity index (χ1n) is 4.95. The van der Waals surface area contributed by atoms with E-state index in [-0.39, 0.29) is 12.1 Å². The molecule has 0 radical (unpaired) electrons. The normalized spacial score (nSPS) is 14.2. The van der Waals surface area contributed by atoms with Gasteiger partial charge in [0.05, 0.1) is 6.04 Å². The van der Waals surface area contributed by atoms with Crippen LogP contribution < -0.4 is 11.1 Å². The maximum absolute atomic E-state index is 5.93. The van der Waals surface area contributed by atoms with Crippen LogP contribution in [-0.4, -0.2) is 12.6 Å². The summed E-state index contributed by atoms with van der Waals surface area (Å²) in [4.78, 5) is 0. The minimum Gasteiger partial charge on any atom is -0.329 e. The number of hydrogen-bond donors (Lipinski definition) is 2. The molecule has 0 heterocycles. The van der Waals surface area contributed by atoms with Crippen molar-refractivity contribution in [1.29, 1.82) is 0 Å². The van der Waals surface area contributed by atoms with Crippen LogP contribution in [0.4, 0.5) is 0 Å². The quantitative estimate of drug-likeness (QED) is 0.814. The lowest BCUT2D eigenvalue weighted by Gasteiger charge is -2.20. The van der Waals surface area contributed by atoms with Crippen LogP contribution in [0.5, 0.6) is 0 Å². The number of rotatable bonds is 4. The second-order valence-electron chi connectivity index (χ2n) is 3.55. The third kappa shape index (κ3) is 3.70. The molecule has 2 atom stereocenters. The predicted molar refractivity (Wildman–Crippen MR) is 69.7 cm³/mol. The lowest BCUT2D eigenvalue weighted by Crippen LogP contribution is -2.34. The van der Waals surface area contributed by atoms with E-state index in [4.69, 9.17) is 35.4 Å². The zero-order valence-corrected chi connectivity index (χ0v) is 10.5. The van der Waals surface area contributed by atoms with Crippen LogP contribution in [0.2, 0.25) is 10.0 Å². The number of benzene rings is 1. The summed E-state index contributed by atoms with van der Waals surface area (Å²) >= 11 is 11.9. The Morgan fingerprint density at radius 2 is 1.94 bits per heavy atom. The van der Waals surface area contributed by atoms with Crippen molar-refractivity contribution in [3.8, 4) is 12.3 Å². The van der Waals surface area contributed by atoms with E-state index in [1.807, 2.05) is 19.1 Å². The second kappa shape index (κ2) is 6.12. The molecule has 0 aliphatic rings. The molecule has 2 nitrogen and oxygen atoms in total. The van der Waals surface area contributed by atoms with Crippen molar-refractivity contribution in [2.75, 3.05) is 6.54 Å². The third-order valence-corrected chi connectivity index (χ3v) is 2.66. The molecular weight excluding hydrogens is 243 g/mol. The highest BCUT2D eigenvalue weighted by Gasteiger charge is 2.12. The SMILES string of the molecule is C#CC(C)NC(CN)c1cc(Cl)cc(Cl)c1. The van der Waals surface area contributed by atoms with E-state index in [0.29, 0.717) is 16.6 Å². The monoisotopic (exact) mass is 256 g/mol. The number of hydrogen-bond acceptors (Lipinski definition) is 2. The summed E-state index contributed by atoms with van der Waals surface area (Å²) in [7, 11) is 0. The van der Waals surface area contributed by atoms with Crippen LogP contribution in [-0.2, 0) is 0 Å². The minimum atomic E-state index is -0.0497. The highest BCUT2D eigenvalue weighted by molar-refractivity contribution is 6.34. The number of terminal acetylenes is 1. The van der Waals surface area contributed by atoms with Crippen LogP contribution in [0, 0.1) is 12.3 Å². The smallest absolute Gasteiger partial charge is 0.0663 e. The van der Waals surface area contributed by atoms with Gasteiger partial charge in [-0.3, -0.25) is 5.32 Å². The summed E-state index contributed by atoms with van der Waals surface area (Å²) in [5, 5.41) is 4.40. The van der Waals surface area contributed by atoms with Gasteiger partial charge in [0.1, 0.15) is 0 Å². The van der Waals surface area contributed by atoms with Crippen molar-refractivity contribution >= 4 is 23.2 Å². The second-order valence-corrected chi connectivity index (χ2v) is 4.42. The van der Waals surface area contributed by atoms with Crippen molar-refractivity contribution in [3.63, 3.8) is 0 Å². The summed E-state index contributed by atoms with van der Waals surface area (Å²) in [5.41, 5.74) is 6.64. The van der Waals surface area contributed by atoms with Crippen LogP contribution in [0.1, 0.15) is 18.5 Å². The molecule has 0 spiro atoms. The Hall–Kier alpha value is -0.720. The van der Waals surface area contributed by atoms with Crippen molar-refractivity contribution in [1.82, 2.24) is 5.32 Å². The average Bonchev–Trinajstić information content (AvgIpc) is 2.24. The first-order chi connectivity index (χ1) is 7.56. The summed E-state index contributed by atoms with van der Waals surface area (Å²) in [5.74, 6) is 2.60. The Morgan fingerprint density at radius 3 is 2.38 bits per heavy atom. The van der Waals surface area contributed by atoms with Gasteiger partial charge in [-0.05, 0) is 30.7 Å². The van der Waals surface area contributed by atoms with E-state index in [0.717, 1.165) is 5.56 Å². The average molecular weight is 257 g/mol. The molecule has 86 valence electrons. The van der Waals surface area contributed by atoms with Crippen LogP contribution in [0.25, 0.3) is 0 Å². The highest BCUT2D eigenvalue weighted by Crippen LogP contribution is 2.23. The fourth-order valence-electron chi connectivity index (χ4n) is 1.43. The van der Waals surface area contributed by atoms with Gasteiger partial charge >= 0.3 is 0 Å². The molecule has 2 unspecified atom stereocenters. The molecule has 0 bridgehead atoms. The summed E-state index contributed by atoms with van der Waals surface area (Å²) in [6.07, 6.45) is 5.31. The van der Waals surface area contributed by atoms with Crippen molar-refractivity contribution in [2.45, 2.75) is 19.0 Å². The van der Waals surface area contributed by atoms with E-state index >= 15 is 0 Å². The lowest BCUT2D eigenvalue weighted by atomic mass is 10.1. The number of nitrogens with two attached hydrogens (primary N) is 1. The molecule has 0 fully saturated rings. The molecule has 1 aromatic carbocycles. The molecule has 0 aromatic heterocycles. The predicted octanol–water partition coefficient (Wildman–Crippen LogP) is 2.60. The molecule has 3 N–H and O–H groups in total. The maximum atomic E-state index is 5.93. The van der Waals surface area contributed by atoms with Crippen LogP contribution >= 0.6 is 23.2 Å². The van der Waals surface area contributed by atoms with E-state index in [2.05, 4.69) is 11.2 Å². The molecule has 0 aliphatic carbocycles. The van der Waals surface area contributed by atoms with Crippen molar-refractivity contribution < 1.29 is 0 Å². The van der Waals surface area contributed by atoms with Crippen molar-refractivity contribution in [3.05, 3.63) is 33.8 Å². The zero-order valence-electron chi connectivity index (χ0n) is 9.00. The molecule has 0 saturated carbocycles. The number of halogens is 2. The maximum Gasteiger partial charge on any atom is 0.0663 e. The van der Waals surface area contributed by atoms with Gasteiger partial charge in [-0.15, -0.1) is 6.42 Å². The topological polar surface area (TPSA) is 38.0 Å². The van der Waals surface area contributed by atoms with Crippen LogP contribution in [0.3, 0.4) is 0 Å². The van der Waals surface area contributed by atoms with Crippen LogP contribution in [0.15, 0.2) is 18.2 Å². The Kier molecular flexibility index (Phi) is 5.11. The van der Waals surface area contributed by atoms with Gasteiger partial charge < -0.3 is 5.73 Å². The molecule has 0 amide bonds. The molecular formula is C12H14Cl2N2. The van der Waals surface area contributed by atoms with E-state index in [9.17, 15) is 0 Å². The Labute approximate surface area is 106 Å². The van der Waals surface area contributed by atoms with Gasteiger partial charge in [0, 0.05) is 22.6 Å². The van der Waals surface area contributed by atoms with Gasteiger partial charge in [-0.1, -0.05) is 29.1 Å². The third-order valence-electron chi connectivity index (χ3n) is 2.22. The van der Waals surface area contributed by atoms with Gasteiger partial charge in [0.2, 0.25) is 0 Å². The molecule has 1 aromatic rings. The molecule has 0 aliphatic heterocycles. The standard InChI is InChI=1S/C12H14Cl2N2/c1-3-8(2)16-12(7-15)9-4-10(13)6-11(14)5-9/h1,4-6,8,12,16H,7,15H2,2H3.